The summed E-state index contributed by atoms with van der Waals surface area (Å²) in [7, 11) is 0. The zero-order valence-electron chi connectivity index (χ0n) is 15.3. The lowest BCUT2D eigenvalue weighted by molar-refractivity contribution is -0.141. The summed E-state index contributed by atoms with van der Waals surface area (Å²) < 4.78 is 38.5. The molecule has 2 fully saturated rings. The maximum absolute atomic E-state index is 12.8. The van der Waals surface area contributed by atoms with Crippen molar-refractivity contribution in [1.82, 2.24) is 15.5 Å². The van der Waals surface area contributed by atoms with Crippen LogP contribution in [0.4, 0.5) is 19.0 Å². The van der Waals surface area contributed by atoms with Gasteiger partial charge in [-0.3, -0.25) is 15.2 Å². The monoisotopic (exact) mass is 425 g/mol. The van der Waals surface area contributed by atoms with Gasteiger partial charge in [0.15, 0.2) is 5.82 Å². The fourth-order valence-corrected chi connectivity index (χ4v) is 3.28. The molecule has 2 aromatic rings. The standard InChI is InChI=1S/C19H19ClF3N5O/c20-13-7-5-12(6-8-13)17(29)26-18(25-16(10-1-2-10)11-3-4-11)24-15-9-14(27-28-15)19(21,22)23/h5-11,16H,1-4H2,(H3,24,25,26,27,28,29). The number of amides is 1. The first-order valence-electron chi connectivity index (χ1n) is 9.34. The van der Waals surface area contributed by atoms with Crippen LogP contribution < -0.4 is 10.6 Å². The number of aliphatic imine (C=N–C) groups is 1. The number of aromatic nitrogens is 2. The van der Waals surface area contributed by atoms with Crippen LogP contribution in [0.2, 0.25) is 5.02 Å². The van der Waals surface area contributed by atoms with Crippen molar-refractivity contribution >= 4 is 29.3 Å². The summed E-state index contributed by atoms with van der Waals surface area (Å²) in [6, 6.07) is 7.18. The van der Waals surface area contributed by atoms with Gasteiger partial charge in [-0.15, -0.1) is 0 Å². The molecule has 2 saturated carbocycles. The highest BCUT2D eigenvalue weighted by atomic mass is 35.5. The molecule has 4 rings (SSSR count). The summed E-state index contributed by atoms with van der Waals surface area (Å²) in [4.78, 5) is 17.3. The van der Waals surface area contributed by atoms with Crippen molar-refractivity contribution in [2.75, 3.05) is 5.32 Å². The Balaban J connectivity index is 1.56. The van der Waals surface area contributed by atoms with Gasteiger partial charge in [0.25, 0.3) is 5.91 Å². The number of rotatable bonds is 5. The fourth-order valence-electron chi connectivity index (χ4n) is 3.15. The van der Waals surface area contributed by atoms with Gasteiger partial charge >= 0.3 is 6.18 Å². The fraction of sp³-hybridized carbons (Fsp3) is 0.421. The number of anilines is 1. The second kappa shape index (κ2) is 7.70. The van der Waals surface area contributed by atoms with Crippen LogP contribution in [-0.4, -0.2) is 28.1 Å². The van der Waals surface area contributed by atoms with E-state index >= 15 is 0 Å². The van der Waals surface area contributed by atoms with Gasteiger partial charge in [0, 0.05) is 16.7 Å². The second-order valence-corrected chi connectivity index (χ2v) is 7.83. The number of alkyl halides is 3. The second-order valence-electron chi connectivity index (χ2n) is 7.39. The van der Waals surface area contributed by atoms with Gasteiger partial charge in [-0.05, 0) is 61.8 Å². The lowest BCUT2D eigenvalue weighted by atomic mass is 10.1. The minimum absolute atomic E-state index is 0.0454. The first-order chi connectivity index (χ1) is 13.8. The molecule has 10 heteroatoms. The summed E-state index contributed by atoms with van der Waals surface area (Å²) in [5.74, 6) is 0.491. The van der Waals surface area contributed by atoms with Crippen molar-refractivity contribution in [2.45, 2.75) is 37.9 Å². The van der Waals surface area contributed by atoms with E-state index in [1.165, 1.54) is 0 Å². The molecule has 154 valence electrons. The highest BCUT2D eigenvalue weighted by Gasteiger charge is 2.42. The molecule has 1 amide bonds. The predicted molar refractivity (Wildman–Crippen MR) is 103 cm³/mol. The van der Waals surface area contributed by atoms with Crippen molar-refractivity contribution in [2.24, 2.45) is 16.8 Å². The summed E-state index contributed by atoms with van der Waals surface area (Å²) >= 11 is 5.85. The molecule has 0 saturated heterocycles. The van der Waals surface area contributed by atoms with Crippen LogP contribution in [0, 0.1) is 11.8 Å². The molecule has 2 aliphatic carbocycles. The van der Waals surface area contributed by atoms with Crippen LogP contribution in [0.1, 0.15) is 41.7 Å². The number of benzene rings is 1. The largest absolute Gasteiger partial charge is 0.432 e. The highest BCUT2D eigenvalue weighted by molar-refractivity contribution is 6.30. The van der Waals surface area contributed by atoms with Crippen molar-refractivity contribution in [3.05, 3.63) is 46.6 Å². The Kier molecular flexibility index (Phi) is 5.24. The Morgan fingerprint density at radius 1 is 1.17 bits per heavy atom. The number of carbonyl (C=O) groups excluding carboxylic acids is 1. The maximum Gasteiger partial charge on any atom is 0.432 e. The number of guanidine groups is 1. The molecule has 29 heavy (non-hydrogen) atoms. The minimum Gasteiger partial charge on any atom is -0.309 e. The first kappa shape index (κ1) is 19.8. The Bertz CT molecular complexity index is 905. The van der Waals surface area contributed by atoms with Crippen LogP contribution in [0.3, 0.4) is 0 Å². The van der Waals surface area contributed by atoms with Gasteiger partial charge < -0.3 is 5.32 Å². The molecular weight excluding hydrogens is 407 g/mol. The number of aromatic amines is 1. The van der Waals surface area contributed by atoms with Crippen LogP contribution in [0.15, 0.2) is 35.3 Å². The maximum atomic E-state index is 12.8. The average molecular weight is 426 g/mol. The zero-order chi connectivity index (χ0) is 20.6. The van der Waals surface area contributed by atoms with E-state index in [1.54, 1.807) is 24.3 Å². The third-order valence-electron chi connectivity index (χ3n) is 4.96. The van der Waals surface area contributed by atoms with E-state index in [9.17, 15) is 18.0 Å². The summed E-state index contributed by atoms with van der Waals surface area (Å²) in [5.41, 5.74) is -0.624. The van der Waals surface area contributed by atoms with Gasteiger partial charge in [-0.2, -0.15) is 18.3 Å². The number of carbonyl (C=O) groups is 1. The molecule has 1 aromatic carbocycles. The normalized spacial score (nSPS) is 17.5. The minimum atomic E-state index is -4.54. The molecule has 0 radical (unpaired) electrons. The Morgan fingerprint density at radius 3 is 2.31 bits per heavy atom. The number of nitrogens with zero attached hydrogens (tertiary/aromatic N) is 2. The molecule has 0 unspecified atom stereocenters. The van der Waals surface area contributed by atoms with Crippen LogP contribution in [0.25, 0.3) is 0 Å². The molecule has 3 N–H and O–H groups in total. The lowest BCUT2D eigenvalue weighted by Gasteiger charge is -2.15. The highest BCUT2D eigenvalue weighted by Crippen LogP contribution is 2.46. The summed E-state index contributed by atoms with van der Waals surface area (Å²) in [5, 5.41) is 11.5. The molecule has 0 spiro atoms. The number of nitrogens with one attached hydrogen (secondary N) is 3. The zero-order valence-corrected chi connectivity index (χ0v) is 16.0. The van der Waals surface area contributed by atoms with Crippen LogP contribution >= 0.6 is 11.6 Å². The van der Waals surface area contributed by atoms with E-state index in [0.717, 1.165) is 31.7 Å². The molecule has 6 nitrogen and oxygen atoms in total. The SMILES string of the molecule is O=C(NC(=NC(C1CC1)C1CC1)Nc1cc(C(F)(F)F)[nH]n1)c1ccc(Cl)cc1. The number of halogens is 4. The molecule has 0 atom stereocenters. The van der Waals surface area contributed by atoms with E-state index in [4.69, 9.17) is 11.6 Å². The topological polar surface area (TPSA) is 82.2 Å². The van der Waals surface area contributed by atoms with E-state index in [2.05, 4.69) is 20.7 Å². The van der Waals surface area contributed by atoms with E-state index in [-0.39, 0.29) is 17.8 Å². The van der Waals surface area contributed by atoms with E-state index in [0.29, 0.717) is 22.4 Å². The average Bonchev–Trinajstić information content (AvgIpc) is 3.58. The molecular formula is C19H19ClF3N5O. The lowest BCUT2D eigenvalue weighted by Crippen LogP contribution is -2.37. The molecule has 0 aliphatic heterocycles. The first-order valence-corrected chi connectivity index (χ1v) is 9.72. The number of H-pyrrole nitrogens is 1. The van der Waals surface area contributed by atoms with E-state index < -0.39 is 17.8 Å². The van der Waals surface area contributed by atoms with Crippen molar-refractivity contribution in [1.29, 1.82) is 0 Å². The van der Waals surface area contributed by atoms with Crippen LogP contribution in [0.5, 0.6) is 0 Å². The molecule has 1 heterocycles. The Hall–Kier alpha value is -2.55. The van der Waals surface area contributed by atoms with Crippen LogP contribution in [-0.2, 0) is 6.18 Å². The van der Waals surface area contributed by atoms with Gasteiger partial charge in [-0.25, -0.2) is 4.99 Å². The quantitative estimate of drug-likeness (QED) is 0.488. The van der Waals surface area contributed by atoms with Crippen molar-refractivity contribution in [3.8, 4) is 0 Å². The van der Waals surface area contributed by atoms with Gasteiger partial charge in [0.1, 0.15) is 5.69 Å². The van der Waals surface area contributed by atoms with Gasteiger partial charge in [-0.1, -0.05) is 11.6 Å². The smallest absolute Gasteiger partial charge is 0.309 e. The third-order valence-corrected chi connectivity index (χ3v) is 5.21. The third kappa shape index (κ3) is 5.09. The van der Waals surface area contributed by atoms with Gasteiger partial charge in [0.2, 0.25) is 5.96 Å². The predicted octanol–water partition coefficient (Wildman–Crippen LogP) is 4.47. The summed E-state index contributed by atoms with van der Waals surface area (Å²) in [6.45, 7) is 0. The van der Waals surface area contributed by atoms with Gasteiger partial charge in [0.05, 0.1) is 6.04 Å². The molecule has 0 bridgehead atoms. The Morgan fingerprint density at radius 2 is 1.79 bits per heavy atom. The Labute approximate surface area is 169 Å². The molecule has 2 aliphatic rings. The number of hydrogen-bond donors (Lipinski definition) is 3. The van der Waals surface area contributed by atoms with E-state index in [1.807, 2.05) is 5.10 Å². The van der Waals surface area contributed by atoms with Crippen molar-refractivity contribution in [3.63, 3.8) is 0 Å². The summed E-state index contributed by atoms with van der Waals surface area (Å²) in [6.07, 6.45) is -0.248. The van der Waals surface area contributed by atoms with Crippen molar-refractivity contribution < 1.29 is 18.0 Å². The number of hydrogen-bond acceptors (Lipinski definition) is 3. The molecule has 1 aromatic heterocycles.